The summed E-state index contributed by atoms with van der Waals surface area (Å²) < 4.78 is 4.82. The summed E-state index contributed by atoms with van der Waals surface area (Å²) in [6, 6.07) is 0. The summed E-state index contributed by atoms with van der Waals surface area (Å²) in [5.74, 6) is -0.555. The molecule has 0 saturated carbocycles. The molecule has 0 radical (unpaired) electrons. The number of ether oxygens (including phenoxy) is 1. The van der Waals surface area contributed by atoms with Crippen LogP contribution in [0.5, 0.6) is 0 Å². The number of nitrogens with zero attached hydrogens (tertiary/aromatic N) is 1. The minimum Gasteiger partial charge on any atom is -0.507 e. The third-order valence-electron chi connectivity index (χ3n) is 1.95. The van der Waals surface area contributed by atoms with Gasteiger partial charge in [0.2, 0.25) is 0 Å². The number of hydrogen-bond donors (Lipinski definition) is 1. The average Bonchev–Trinajstić information content (AvgIpc) is 2.38. The van der Waals surface area contributed by atoms with E-state index in [0.29, 0.717) is 12.3 Å². The molecule has 0 saturated heterocycles. The molecule has 1 unspecified atom stereocenters. The normalized spacial score (nSPS) is 22.6. The second-order valence-corrected chi connectivity index (χ2v) is 3.02. The molecule has 0 bridgehead atoms. The van der Waals surface area contributed by atoms with Gasteiger partial charge in [-0.1, -0.05) is 6.08 Å². The molecule has 4 heteroatoms. The quantitative estimate of drug-likeness (QED) is 0.420. The molecule has 0 aliphatic carbocycles. The predicted molar refractivity (Wildman–Crippen MR) is 53.4 cm³/mol. The Kier molecular flexibility index (Phi) is 3.06. The highest BCUT2D eigenvalue weighted by molar-refractivity contribution is 6.20. The number of esters is 1. The summed E-state index contributed by atoms with van der Waals surface area (Å²) in [5, 5.41) is 9.52. The molecule has 4 nitrogen and oxygen atoms in total. The molecule has 0 aromatic carbocycles. The Balaban J connectivity index is 2.96. The van der Waals surface area contributed by atoms with E-state index in [0.717, 1.165) is 0 Å². The predicted octanol–water partition coefficient (Wildman–Crippen LogP) is 1.39. The standard InChI is InChI=1S/C10H13NO3/c1-4-5-11-6(2)8-9(12)7(3)14-10(8)13/h4,7,12H,1,5H2,2-3H3. The Morgan fingerprint density at radius 1 is 1.79 bits per heavy atom. The molecule has 1 heterocycles. The monoisotopic (exact) mass is 195 g/mol. The van der Waals surface area contributed by atoms with Crippen molar-refractivity contribution in [3.8, 4) is 0 Å². The van der Waals surface area contributed by atoms with Crippen molar-refractivity contribution in [2.24, 2.45) is 4.99 Å². The molecule has 0 spiro atoms. The highest BCUT2D eigenvalue weighted by atomic mass is 16.6. The van der Waals surface area contributed by atoms with Gasteiger partial charge in [-0.25, -0.2) is 4.79 Å². The van der Waals surface area contributed by atoms with E-state index in [4.69, 9.17) is 4.74 Å². The molecule has 0 fully saturated rings. The first-order valence-corrected chi connectivity index (χ1v) is 4.34. The van der Waals surface area contributed by atoms with Gasteiger partial charge < -0.3 is 9.84 Å². The van der Waals surface area contributed by atoms with Crippen LogP contribution < -0.4 is 0 Å². The van der Waals surface area contributed by atoms with Gasteiger partial charge in [0.25, 0.3) is 0 Å². The maximum Gasteiger partial charge on any atom is 0.344 e. The van der Waals surface area contributed by atoms with Gasteiger partial charge in [0.1, 0.15) is 11.3 Å². The fourth-order valence-electron chi connectivity index (χ4n) is 1.20. The van der Waals surface area contributed by atoms with Crippen LogP contribution in [0.4, 0.5) is 0 Å². The van der Waals surface area contributed by atoms with Gasteiger partial charge in [0.05, 0.1) is 12.3 Å². The number of cyclic esters (lactones) is 1. The Morgan fingerprint density at radius 2 is 2.43 bits per heavy atom. The van der Waals surface area contributed by atoms with Crippen molar-refractivity contribution in [2.75, 3.05) is 6.54 Å². The Bertz CT molecular complexity index is 328. The van der Waals surface area contributed by atoms with E-state index in [1.54, 1.807) is 19.9 Å². The van der Waals surface area contributed by atoms with E-state index in [-0.39, 0.29) is 11.3 Å². The first-order valence-electron chi connectivity index (χ1n) is 4.34. The molecule has 0 aromatic rings. The van der Waals surface area contributed by atoms with E-state index in [1.165, 1.54) is 0 Å². The van der Waals surface area contributed by atoms with E-state index < -0.39 is 12.1 Å². The summed E-state index contributed by atoms with van der Waals surface area (Å²) in [4.78, 5) is 15.3. The lowest BCUT2D eigenvalue weighted by Gasteiger charge is -1.99. The Hall–Kier alpha value is -1.58. The molecular formula is C10H13NO3. The third-order valence-corrected chi connectivity index (χ3v) is 1.95. The van der Waals surface area contributed by atoms with Crippen molar-refractivity contribution < 1.29 is 14.6 Å². The molecule has 14 heavy (non-hydrogen) atoms. The number of hydrogen-bond acceptors (Lipinski definition) is 4. The molecular weight excluding hydrogens is 182 g/mol. The third kappa shape index (κ3) is 1.84. The molecule has 1 atom stereocenters. The zero-order chi connectivity index (χ0) is 10.7. The van der Waals surface area contributed by atoms with Crippen LogP contribution in [-0.4, -0.2) is 29.4 Å². The average molecular weight is 195 g/mol. The maximum absolute atomic E-state index is 11.3. The van der Waals surface area contributed by atoms with Gasteiger partial charge in [-0.2, -0.15) is 0 Å². The van der Waals surface area contributed by atoms with Crippen LogP contribution >= 0.6 is 0 Å². The van der Waals surface area contributed by atoms with Crippen LogP contribution in [0.15, 0.2) is 29.0 Å². The topological polar surface area (TPSA) is 58.9 Å². The van der Waals surface area contributed by atoms with Crippen molar-refractivity contribution in [1.82, 2.24) is 0 Å². The van der Waals surface area contributed by atoms with Crippen LogP contribution in [0.2, 0.25) is 0 Å². The SMILES string of the molecule is C=CCN=C(C)C1=C(O)C(C)OC1=O. The van der Waals surface area contributed by atoms with E-state index in [9.17, 15) is 9.90 Å². The van der Waals surface area contributed by atoms with Crippen LogP contribution in [0, 0.1) is 0 Å². The smallest absolute Gasteiger partial charge is 0.344 e. The molecule has 1 rings (SSSR count). The lowest BCUT2D eigenvalue weighted by Crippen LogP contribution is -2.08. The molecule has 1 N–H and O–H groups in total. The van der Waals surface area contributed by atoms with Crippen molar-refractivity contribution in [3.05, 3.63) is 24.0 Å². The van der Waals surface area contributed by atoms with Gasteiger partial charge >= 0.3 is 5.97 Å². The van der Waals surface area contributed by atoms with E-state index in [2.05, 4.69) is 11.6 Å². The number of rotatable bonds is 3. The first-order chi connectivity index (χ1) is 6.57. The van der Waals surface area contributed by atoms with Gasteiger partial charge in [0, 0.05) is 0 Å². The highest BCUT2D eigenvalue weighted by Gasteiger charge is 2.32. The van der Waals surface area contributed by atoms with Crippen molar-refractivity contribution in [2.45, 2.75) is 20.0 Å². The fraction of sp³-hybridized carbons (Fsp3) is 0.400. The van der Waals surface area contributed by atoms with Gasteiger partial charge in [-0.3, -0.25) is 4.99 Å². The van der Waals surface area contributed by atoms with Crippen molar-refractivity contribution >= 4 is 11.7 Å². The number of aliphatic imine (C=N–C) groups is 1. The lowest BCUT2D eigenvalue weighted by molar-refractivity contribution is -0.139. The summed E-state index contributed by atoms with van der Waals surface area (Å²) in [6.45, 7) is 7.20. The van der Waals surface area contributed by atoms with Gasteiger partial charge in [-0.05, 0) is 13.8 Å². The fourth-order valence-corrected chi connectivity index (χ4v) is 1.20. The van der Waals surface area contributed by atoms with E-state index in [1.807, 2.05) is 0 Å². The van der Waals surface area contributed by atoms with E-state index >= 15 is 0 Å². The summed E-state index contributed by atoms with van der Waals surface area (Å²) in [5.41, 5.74) is 0.663. The molecule has 1 aliphatic heterocycles. The zero-order valence-electron chi connectivity index (χ0n) is 8.28. The second kappa shape index (κ2) is 4.09. The highest BCUT2D eigenvalue weighted by Crippen LogP contribution is 2.21. The minimum absolute atomic E-state index is 0.0414. The van der Waals surface area contributed by atoms with Crippen LogP contribution in [0.3, 0.4) is 0 Å². The van der Waals surface area contributed by atoms with Gasteiger partial charge in [-0.15, -0.1) is 6.58 Å². The number of carbonyl (C=O) groups excluding carboxylic acids is 1. The minimum atomic E-state index is -0.564. The Labute approximate surface area is 82.6 Å². The summed E-state index contributed by atoms with van der Waals surface area (Å²) in [7, 11) is 0. The maximum atomic E-state index is 11.3. The summed E-state index contributed by atoms with van der Waals surface area (Å²) >= 11 is 0. The molecule has 0 aromatic heterocycles. The molecule has 1 aliphatic rings. The van der Waals surface area contributed by atoms with Crippen LogP contribution in [0.1, 0.15) is 13.8 Å². The number of carbonyl (C=O) groups is 1. The largest absolute Gasteiger partial charge is 0.507 e. The Morgan fingerprint density at radius 3 is 2.86 bits per heavy atom. The molecule has 0 amide bonds. The zero-order valence-corrected chi connectivity index (χ0v) is 8.28. The first kappa shape index (κ1) is 10.5. The van der Waals surface area contributed by atoms with Crippen molar-refractivity contribution in [1.29, 1.82) is 0 Å². The van der Waals surface area contributed by atoms with Crippen LogP contribution in [-0.2, 0) is 9.53 Å². The van der Waals surface area contributed by atoms with Crippen molar-refractivity contribution in [3.63, 3.8) is 0 Å². The second-order valence-electron chi connectivity index (χ2n) is 3.02. The number of aliphatic hydroxyl groups excluding tert-OH is 1. The summed E-state index contributed by atoms with van der Waals surface area (Å²) in [6.07, 6.45) is 1.05. The number of aliphatic hydroxyl groups is 1. The van der Waals surface area contributed by atoms with Gasteiger partial charge in [0.15, 0.2) is 6.10 Å². The van der Waals surface area contributed by atoms with Crippen LogP contribution in [0.25, 0.3) is 0 Å². The molecule has 76 valence electrons. The lowest BCUT2D eigenvalue weighted by atomic mass is 10.1.